The van der Waals surface area contributed by atoms with E-state index in [0.717, 1.165) is 36.8 Å². The monoisotopic (exact) mass is 774 g/mol. The fourth-order valence-corrected chi connectivity index (χ4v) is 8.92. The molecule has 57 heavy (non-hydrogen) atoms. The number of rotatable bonds is 10. The van der Waals surface area contributed by atoms with Crippen LogP contribution >= 0.6 is 0 Å². The molecule has 296 valence electrons. The second-order valence-electron chi connectivity index (χ2n) is 15.9. The number of allylic oxidation sites excluding steroid dienone is 1. The van der Waals surface area contributed by atoms with Crippen LogP contribution in [0.25, 0.3) is 0 Å². The molecule has 2 amide bonds. The molecule has 0 fully saturated rings. The minimum Gasteiger partial charge on any atom is -0.508 e. The van der Waals surface area contributed by atoms with Crippen molar-refractivity contribution in [2.75, 3.05) is 13.1 Å². The number of unbranched alkanes of at least 4 members (excludes halogenated alkanes) is 2. The minimum absolute atomic E-state index is 0.0537. The van der Waals surface area contributed by atoms with Gasteiger partial charge >= 0.3 is 5.97 Å². The zero-order valence-electron chi connectivity index (χ0n) is 32.1. The Labute approximate surface area is 330 Å². The second-order valence-corrected chi connectivity index (χ2v) is 15.9. The molecule has 1 aliphatic carbocycles. The molecule has 4 aliphatic rings. The predicted octanol–water partition coefficient (Wildman–Crippen LogP) is 6.60. The van der Waals surface area contributed by atoms with Gasteiger partial charge < -0.3 is 45.3 Å². The van der Waals surface area contributed by atoms with Gasteiger partial charge in [-0.3, -0.25) is 9.59 Å². The lowest BCUT2D eigenvalue weighted by atomic mass is 9.67. The number of aryl methyl sites for hydroxylation is 1. The number of ether oxygens (including phenoxy) is 3. The highest BCUT2D eigenvalue weighted by atomic mass is 16.6. The van der Waals surface area contributed by atoms with Crippen LogP contribution in [0, 0.1) is 5.92 Å². The molecule has 12 heteroatoms. The van der Waals surface area contributed by atoms with Gasteiger partial charge in [0.2, 0.25) is 5.91 Å². The van der Waals surface area contributed by atoms with E-state index in [4.69, 9.17) is 14.2 Å². The van der Waals surface area contributed by atoms with Crippen LogP contribution in [0.2, 0.25) is 0 Å². The van der Waals surface area contributed by atoms with Crippen LogP contribution in [-0.2, 0) is 21.6 Å². The van der Waals surface area contributed by atoms with Crippen molar-refractivity contribution in [2.24, 2.45) is 5.92 Å². The summed E-state index contributed by atoms with van der Waals surface area (Å²) in [6.07, 6.45) is 5.89. The molecular formula is C45H46N2O10. The van der Waals surface area contributed by atoms with E-state index in [2.05, 4.69) is 17.6 Å². The number of amides is 2. The number of esters is 1. The number of hydrogen-bond acceptors (Lipinski definition) is 10. The first-order valence-electron chi connectivity index (χ1n) is 19.5. The van der Waals surface area contributed by atoms with Gasteiger partial charge in [0.05, 0.1) is 11.7 Å². The van der Waals surface area contributed by atoms with Crippen LogP contribution < -0.4 is 20.1 Å². The number of aliphatic hydroxyl groups excluding tert-OH is 1. The molecule has 12 nitrogen and oxygen atoms in total. The van der Waals surface area contributed by atoms with Crippen LogP contribution in [0.15, 0.2) is 78.4 Å². The highest BCUT2D eigenvalue weighted by Crippen LogP contribution is 2.57. The number of carbonyl (C=O) groups is 3. The molecule has 4 aromatic carbocycles. The van der Waals surface area contributed by atoms with Gasteiger partial charge in [0.15, 0.2) is 5.60 Å². The number of carbonyl (C=O) groups excluding carboxylic acids is 3. The van der Waals surface area contributed by atoms with Crippen molar-refractivity contribution >= 4 is 17.8 Å². The van der Waals surface area contributed by atoms with E-state index >= 15 is 0 Å². The molecule has 1 spiro atoms. The molecule has 3 atom stereocenters. The minimum atomic E-state index is -1.46. The van der Waals surface area contributed by atoms with Crippen LogP contribution in [0.1, 0.15) is 107 Å². The van der Waals surface area contributed by atoms with E-state index in [1.54, 1.807) is 24.3 Å². The van der Waals surface area contributed by atoms with Gasteiger partial charge in [-0.25, -0.2) is 4.79 Å². The summed E-state index contributed by atoms with van der Waals surface area (Å²) >= 11 is 0. The van der Waals surface area contributed by atoms with Crippen molar-refractivity contribution < 1.29 is 49.0 Å². The summed E-state index contributed by atoms with van der Waals surface area (Å²) in [6.45, 7) is 5.96. The number of nitrogens with one attached hydrogen (secondary N) is 2. The van der Waals surface area contributed by atoms with Crippen LogP contribution in [0.4, 0.5) is 0 Å². The molecule has 3 aliphatic heterocycles. The highest BCUT2D eigenvalue weighted by molar-refractivity contribution is 6.01. The molecule has 4 aromatic rings. The molecule has 6 N–H and O–H groups in total. The number of hydrogen-bond donors (Lipinski definition) is 6. The Balaban J connectivity index is 0.918. The van der Waals surface area contributed by atoms with E-state index in [1.165, 1.54) is 30.3 Å². The SMILES string of the molecule is CCCCCc1cc(O)c2c(c1)OC(C)(C)[C@@H]1CC=C(C(=O)NCC(O)CNC(=O)c3ccc4c(c3)C(=O)OC43c4ccc(O)cc4Oc4cc(O)ccc43)C[C@@H]21. The van der Waals surface area contributed by atoms with E-state index in [0.29, 0.717) is 40.9 Å². The Morgan fingerprint density at radius 2 is 1.49 bits per heavy atom. The van der Waals surface area contributed by atoms with Crippen molar-refractivity contribution in [1.82, 2.24) is 10.6 Å². The maximum Gasteiger partial charge on any atom is 0.340 e. The Hall–Kier alpha value is -6.01. The van der Waals surface area contributed by atoms with Crippen molar-refractivity contribution in [3.63, 3.8) is 0 Å². The third kappa shape index (κ3) is 6.71. The van der Waals surface area contributed by atoms with Gasteiger partial charge in [-0.2, -0.15) is 0 Å². The number of aliphatic hydroxyl groups is 1. The Morgan fingerprint density at radius 3 is 2.18 bits per heavy atom. The first-order chi connectivity index (χ1) is 27.3. The first kappa shape index (κ1) is 37.9. The van der Waals surface area contributed by atoms with Crippen molar-refractivity contribution in [2.45, 2.75) is 82.5 Å². The number of phenolic OH excluding ortho intramolecular Hbond substituents is 3. The number of phenols is 3. The van der Waals surface area contributed by atoms with Crippen molar-refractivity contribution in [3.8, 4) is 34.5 Å². The number of aromatic hydroxyl groups is 3. The van der Waals surface area contributed by atoms with Crippen molar-refractivity contribution in [1.29, 1.82) is 0 Å². The standard InChI is InChI=1S/C45H46N2O10/c1-4-5-6-7-24-16-36(51)40-30-18-25(8-12-32(30)44(2,3)56-39(40)17-24)41(52)46-22-29(50)23-47-42(53)26-9-13-33-31(19-26)43(54)57-45(33)34-14-10-27(48)20-37(34)55-38-21-28(49)11-15-35(38)45/h8-11,13-17,19-21,29-30,32,48-51H,4-7,12,18,22-23H2,1-3H3,(H,46,52)(H,47,53)/t29?,30-,32-/m1/s1. The largest absolute Gasteiger partial charge is 0.508 e. The van der Waals surface area contributed by atoms with Gasteiger partial charge in [-0.1, -0.05) is 31.9 Å². The maximum atomic E-state index is 13.5. The molecule has 8 rings (SSSR count). The lowest BCUT2D eigenvalue weighted by Crippen LogP contribution is -2.46. The van der Waals surface area contributed by atoms with Gasteiger partial charge in [0.1, 0.15) is 40.1 Å². The Bertz CT molecular complexity index is 2280. The highest BCUT2D eigenvalue weighted by Gasteiger charge is 2.54. The molecule has 0 aromatic heterocycles. The average molecular weight is 775 g/mol. The fourth-order valence-electron chi connectivity index (χ4n) is 8.92. The summed E-state index contributed by atoms with van der Waals surface area (Å²) in [7, 11) is 0. The third-order valence-electron chi connectivity index (χ3n) is 11.8. The van der Waals surface area contributed by atoms with E-state index in [9.17, 15) is 34.8 Å². The Kier molecular flexibility index (Phi) is 9.63. The normalized spacial score (nSPS) is 19.6. The molecular weight excluding hydrogens is 728 g/mol. The van der Waals surface area contributed by atoms with Gasteiger partial charge in [-0.15, -0.1) is 0 Å². The van der Waals surface area contributed by atoms with Crippen LogP contribution in [-0.4, -0.2) is 63.0 Å². The van der Waals surface area contributed by atoms with Gasteiger partial charge in [-0.05, 0) is 93.6 Å². The Morgan fingerprint density at radius 1 is 0.825 bits per heavy atom. The van der Waals surface area contributed by atoms with Gasteiger partial charge in [0.25, 0.3) is 5.91 Å². The lowest BCUT2D eigenvalue weighted by molar-refractivity contribution is -0.118. The number of benzene rings is 4. The smallest absolute Gasteiger partial charge is 0.340 e. The second kappa shape index (κ2) is 14.5. The molecule has 0 saturated carbocycles. The van der Waals surface area contributed by atoms with Gasteiger partial charge in [0, 0.05) is 70.4 Å². The molecule has 3 heterocycles. The summed E-state index contributed by atoms with van der Waals surface area (Å²) < 4.78 is 18.5. The molecule has 1 unspecified atom stereocenters. The maximum absolute atomic E-state index is 13.5. The topological polar surface area (TPSA) is 184 Å². The zero-order chi connectivity index (χ0) is 40.2. The number of fused-ring (bicyclic) bond motifs is 9. The summed E-state index contributed by atoms with van der Waals surface area (Å²) in [6, 6.07) is 17.4. The first-order valence-corrected chi connectivity index (χ1v) is 19.5. The molecule has 0 bridgehead atoms. The third-order valence-corrected chi connectivity index (χ3v) is 11.8. The van der Waals surface area contributed by atoms with Crippen LogP contribution in [0.5, 0.6) is 34.5 Å². The predicted molar refractivity (Wildman–Crippen MR) is 209 cm³/mol. The summed E-state index contributed by atoms with van der Waals surface area (Å²) in [5.74, 6) is -0.405. The molecule has 0 saturated heterocycles. The quantitative estimate of drug-likeness (QED) is 0.0758. The van der Waals surface area contributed by atoms with Crippen LogP contribution in [0.3, 0.4) is 0 Å². The van der Waals surface area contributed by atoms with E-state index < -0.39 is 29.2 Å². The fraction of sp³-hybridized carbons (Fsp3) is 0.356. The van der Waals surface area contributed by atoms with Crippen molar-refractivity contribution in [3.05, 3.63) is 117 Å². The van der Waals surface area contributed by atoms with E-state index in [1.807, 2.05) is 32.1 Å². The van der Waals surface area contributed by atoms with E-state index in [-0.39, 0.29) is 70.7 Å². The molecule has 0 radical (unpaired) electrons. The summed E-state index contributed by atoms with van der Waals surface area (Å²) in [5, 5.41) is 47.8. The zero-order valence-corrected chi connectivity index (χ0v) is 32.1. The lowest BCUT2D eigenvalue weighted by Gasteiger charge is -2.47. The average Bonchev–Trinajstić information content (AvgIpc) is 3.46. The summed E-state index contributed by atoms with van der Waals surface area (Å²) in [4.78, 5) is 40.2. The summed E-state index contributed by atoms with van der Waals surface area (Å²) in [5.41, 5.74) is 2.04.